The molecule has 1 aliphatic rings. The molecule has 0 aliphatic carbocycles. The fourth-order valence-corrected chi connectivity index (χ4v) is 5.25. The number of benzene rings is 2. The summed E-state index contributed by atoms with van der Waals surface area (Å²) in [7, 11) is -4.04. The standard InChI is InChI=1S/C20H20ClF3N2O4S/c1-2-30-16-8-5-13(21)10-17(16)31(28,29)26-9-3-4-12(11-26)20(27)25-15-7-6-14(22)18(23)19(15)24/h5-8,10,12H,2-4,9,11H2,1H3,(H,25,27)/t12-/m1/s1. The van der Waals surface area contributed by atoms with Crippen molar-refractivity contribution in [2.24, 2.45) is 5.92 Å². The Kier molecular flexibility index (Phi) is 7.13. The van der Waals surface area contributed by atoms with Crippen molar-refractivity contribution >= 4 is 33.2 Å². The molecule has 1 aliphatic heterocycles. The fourth-order valence-electron chi connectivity index (χ4n) is 3.33. The van der Waals surface area contributed by atoms with Crippen LogP contribution in [-0.4, -0.2) is 38.3 Å². The fraction of sp³-hybridized carbons (Fsp3) is 0.350. The number of sulfonamides is 1. The Hall–Kier alpha value is -2.30. The summed E-state index contributed by atoms with van der Waals surface area (Å²) in [5.74, 6) is -5.96. The second-order valence-corrected chi connectivity index (χ2v) is 9.28. The van der Waals surface area contributed by atoms with Gasteiger partial charge < -0.3 is 10.1 Å². The first-order valence-corrected chi connectivity index (χ1v) is 11.3. The summed E-state index contributed by atoms with van der Waals surface area (Å²) in [4.78, 5) is 12.5. The smallest absolute Gasteiger partial charge is 0.246 e. The van der Waals surface area contributed by atoms with E-state index < -0.39 is 45.0 Å². The highest BCUT2D eigenvalue weighted by Gasteiger charge is 2.35. The van der Waals surface area contributed by atoms with Gasteiger partial charge in [0.15, 0.2) is 17.5 Å². The van der Waals surface area contributed by atoms with Gasteiger partial charge in [0.1, 0.15) is 10.6 Å². The highest BCUT2D eigenvalue weighted by atomic mass is 35.5. The number of nitrogens with one attached hydrogen (secondary N) is 1. The summed E-state index contributed by atoms with van der Waals surface area (Å²) in [6.45, 7) is 1.96. The van der Waals surface area contributed by atoms with E-state index in [0.717, 1.165) is 10.4 Å². The quantitative estimate of drug-likeness (QED) is 0.634. The van der Waals surface area contributed by atoms with Crippen LogP contribution >= 0.6 is 11.6 Å². The van der Waals surface area contributed by atoms with E-state index in [2.05, 4.69) is 5.32 Å². The van der Waals surface area contributed by atoms with E-state index >= 15 is 0 Å². The number of piperidine rings is 1. The molecule has 1 amide bonds. The lowest BCUT2D eigenvalue weighted by molar-refractivity contribution is -0.120. The van der Waals surface area contributed by atoms with Gasteiger partial charge >= 0.3 is 0 Å². The van der Waals surface area contributed by atoms with Crippen LogP contribution in [0.25, 0.3) is 0 Å². The maximum atomic E-state index is 13.9. The van der Waals surface area contributed by atoms with Gasteiger partial charge in [-0.05, 0) is 50.1 Å². The molecule has 3 rings (SSSR count). The first kappa shape index (κ1) is 23.4. The summed E-state index contributed by atoms with van der Waals surface area (Å²) >= 11 is 5.97. The van der Waals surface area contributed by atoms with Crippen molar-refractivity contribution in [2.75, 3.05) is 25.0 Å². The number of hydrogen-bond donors (Lipinski definition) is 1. The molecule has 2 aromatic rings. The molecule has 1 atom stereocenters. The molecule has 1 fully saturated rings. The van der Waals surface area contributed by atoms with Gasteiger partial charge in [-0.15, -0.1) is 0 Å². The minimum Gasteiger partial charge on any atom is -0.492 e. The molecule has 168 valence electrons. The maximum Gasteiger partial charge on any atom is 0.246 e. The van der Waals surface area contributed by atoms with Crippen LogP contribution < -0.4 is 10.1 Å². The van der Waals surface area contributed by atoms with Crippen LogP contribution in [0.5, 0.6) is 5.75 Å². The van der Waals surface area contributed by atoms with Gasteiger partial charge in [0, 0.05) is 18.1 Å². The highest BCUT2D eigenvalue weighted by molar-refractivity contribution is 7.89. The Morgan fingerprint density at radius 2 is 1.97 bits per heavy atom. The van der Waals surface area contributed by atoms with Gasteiger partial charge in [-0.1, -0.05) is 11.6 Å². The van der Waals surface area contributed by atoms with Crippen LogP contribution in [0.3, 0.4) is 0 Å². The molecule has 11 heteroatoms. The van der Waals surface area contributed by atoms with Gasteiger partial charge in [-0.25, -0.2) is 21.6 Å². The van der Waals surface area contributed by atoms with Gasteiger partial charge in [0.25, 0.3) is 0 Å². The average Bonchev–Trinajstić information content (AvgIpc) is 2.75. The molecule has 1 N–H and O–H groups in total. The minimum absolute atomic E-state index is 0.116. The van der Waals surface area contributed by atoms with Gasteiger partial charge in [0.05, 0.1) is 18.2 Å². The summed E-state index contributed by atoms with van der Waals surface area (Å²) in [6, 6.07) is 5.85. The van der Waals surface area contributed by atoms with E-state index in [9.17, 15) is 26.4 Å². The number of carbonyl (C=O) groups is 1. The second kappa shape index (κ2) is 9.46. The SMILES string of the molecule is CCOc1ccc(Cl)cc1S(=O)(=O)N1CCC[C@@H](C(=O)Nc2ccc(F)c(F)c2F)C1. The van der Waals surface area contributed by atoms with E-state index in [1.165, 1.54) is 18.2 Å². The molecule has 1 heterocycles. The van der Waals surface area contributed by atoms with E-state index in [0.29, 0.717) is 18.9 Å². The molecule has 0 spiro atoms. The van der Waals surface area contributed by atoms with Gasteiger partial charge in [-0.3, -0.25) is 4.79 Å². The topological polar surface area (TPSA) is 75.7 Å². The third kappa shape index (κ3) is 4.97. The van der Waals surface area contributed by atoms with Gasteiger partial charge in [0.2, 0.25) is 15.9 Å². The lowest BCUT2D eigenvalue weighted by atomic mass is 9.98. The predicted molar refractivity (Wildman–Crippen MR) is 109 cm³/mol. The molecule has 1 saturated heterocycles. The average molecular weight is 477 g/mol. The number of amides is 1. The zero-order valence-corrected chi connectivity index (χ0v) is 18.1. The van der Waals surface area contributed by atoms with E-state index in [1.807, 2.05) is 0 Å². The predicted octanol–water partition coefficient (Wildman–Crippen LogP) is 4.20. The normalized spacial score (nSPS) is 17.4. The second-order valence-electron chi connectivity index (χ2n) is 6.94. The Morgan fingerprint density at radius 3 is 2.68 bits per heavy atom. The number of anilines is 1. The van der Waals surface area contributed by atoms with E-state index in [4.69, 9.17) is 16.3 Å². The van der Waals surface area contributed by atoms with Crippen molar-refractivity contribution in [1.82, 2.24) is 4.31 Å². The van der Waals surface area contributed by atoms with Crippen LogP contribution in [0.2, 0.25) is 5.02 Å². The van der Waals surface area contributed by atoms with Gasteiger partial charge in [-0.2, -0.15) is 4.31 Å². The number of nitrogens with zero attached hydrogens (tertiary/aromatic N) is 1. The molecule has 0 unspecified atom stereocenters. The molecular weight excluding hydrogens is 457 g/mol. The molecule has 0 saturated carbocycles. The molecule has 2 aromatic carbocycles. The van der Waals surface area contributed by atoms with Crippen LogP contribution in [-0.2, 0) is 14.8 Å². The first-order chi connectivity index (χ1) is 14.6. The van der Waals surface area contributed by atoms with Crippen molar-refractivity contribution in [3.63, 3.8) is 0 Å². The first-order valence-electron chi connectivity index (χ1n) is 9.52. The van der Waals surface area contributed by atoms with Crippen LogP contribution in [0.1, 0.15) is 19.8 Å². The van der Waals surface area contributed by atoms with Crippen LogP contribution in [0, 0.1) is 23.4 Å². The Balaban J connectivity index is 1.81. The molecule has 31 heavy (non-hydrogen) atoms. The maximum absolute atomic E-state index is 13.9. The van der Waals surface area contributed by atoms with Crippen molar-refractivity contribution in [2.45, 2.75) is 24.7 Å². The number of rotatable bonds is 6. The number of hydrogen-bond acceptors (Lipinski definition) is 4. The van der Waals surface area contributed by atoms with Crippen molar-refractivity contribution < 1.29 is 31.1 Å². The number of halogens is 4. The number of carbonyl (C=O) groups excluding carboxylic acids is 1. The Morgan fingerprint density at radius 1 is 1.23 bits per heavy atom. The molecular formula is C20H20ClF3N2O4S. The summed E-state index contributed by atoms with van der Waals surface area (Å²) in [6.07, 6.45) is 0.721. The lowest BCUT2D eigenvalue weighted by Crippen LogP contribution is -2.43. The van der Waals surface area contributed by atoms with Crippen LogP contribution in [0.4, 0.5) is 18.9 Å². The van der Waals surface area contributed by atoms with Crippen molar-refractivity contribution in [1.29, 1.82) is 0 Å². The van der Waals surface area contributed by atoms with E-state index in [-0.39, 0.29) is 35.4 Å². The third-order valence-electron chi connectivity index (χ3n) is 4.87. The van der Waals surface area contributed by atoms with Crippen molar-refractivity contribution in [3.8, 4) is 5.75 Å². The lowest BCUT2D eigenvalue weighted by Gasteiger charge is -2.31. The summed E-state index contributed by atoms with van der Waals surface area (Å²) < 4.78 is 73.3. The monoisotopic (exact) mass is 476 g/mol. The van der Waals surface area contributed by atoms with Crippen molar-refractivity contribution in [3.05, 3.63) is 52.8 Å². The Bertz CT molecular complexity index is 1100. The Labute approximate surface area is 183 Å². The van der Waals surface area contributed by atoms with E-state index in [1.54, 1.807) is 6.92 Å². The summed E-state index contributed by atoms with van der Waals surface area (Å²) in [5, 5.41) is 2.42. The number of ether oxygens (including phenoxy) is 1. The molecule has 0 radical (unpaired) electrons. The highest BCUT2D eigenvalue weighted by Crippen LogP contribution is 2.32. The zero-order valence-electron chi connectivity index (χ0n) is 16.5. The largest absolute Gasteiger partial charge is 0.492 e. The summed E-state index contributed by atoms with van der Waals surface area (Å²) in [5.41, 5.74) is -0.516. The third-order valence-corrected chi connectivity index (χ3v) is 6.99. The molecule has 0 aromatic heterocycles. The molecule has 6 nitrogen and oxygen atoms in total. The van der Waals surface area contributed by atoms with Crippen LogP contribution in [0.15, 0.2) is 35.2 Å². The zero-order chi connectivity index (χ0) is 22.8. The minimum atomic E-state index is -4.04. The molecule has 0 bridgehead atoms.